The van der Waals surface area contributed by atoms with Crippen molar-refractivity contribution in [3.05, 3.63) is 53.6 Å². The van der Waals surface area contributed by atoms with Crippen LogP contribution in [0.25, 0.3) is 0 Å². The van der Waals surface area contributed by atoms with Crippen molar-refractivity contribution in [1.29, 1.82) is 0 Å². The second-order valence-corrected chi connectivity index (χ2v) is 11.7. The minimum absolute atomic E-state index is 0.00388. The van der Waals surface area contributed by atoms with Gasteiger partial charge in [0.05, 0.1) is 28.3 Å². The number of anilines is 2. The largest absolute Gasteiger partial charge is 0.435 e. The van der Waals surface area contributed by atoms with E-state index in [0.29, 0.717) is 29.8 Å². The van der Waals surface area contributed by atoms with Crippen molar-refractivity contribution >= 4 is 32.9 Å². The topological polar surface area (TPSA) is 80.8 Å². The molecule has 2 heterocycles. The second-order valence-electron chi connectivity index (χ2n) is 9.63. The van der Waals surface area contributed by atoms with E-state index in [-0.39, 0.29) is 35.4 Å². The van der Waals surface area contributed by atoms with Crippen LogP contribution in [-0.2, 0) is 20.0 Å². The van der Waals surface area contributed by atoms with Crippen molar-refractivity contribution in [2.24, 2.45) is 5.41 Å². The molecule has 174 valence electrons. The van der Waals surface area contributed by atoms with Gasteiger partial charge in [-0.3, -0.25) is 14.5 Å². The lowest BCUT2D eigenvalue weighted by molar-refractivity contribution is -0.125. The molecule has 1 saturated heterocycles. The molecule has 3 aliphatic rings. The highest BCUT2D eigenvalue weighted by Gasteiger charge is 2.55. The van der Waals surface area contributed by atoms with Crippen molar-refractivity contribution < 1.29 is 31.5 Å². The summed E-state index contributed by atoms with van der Waals surface area (Å²) in [6, 6.07) is 11.1. The standard InChI is InChI=1S/C24H23F2NO5S/c1-23(13-33(30,31)14-23)12-20(28)15-6-7-19-18(10-15)24(8-3-9-24)21(29)27(19)16-4-2-5-17(11-16)32-22(25)26/h2,4-7,10-11,22H,3,8-9,12-14H2,1H3. The van der Waals surface area contributed by atoms with E-state index >= 15 is 0 Å². The number of sulfone groups is 1. The molecular weight excluding hydrogens is 452 g/mol. The molecular formula is C24H23F2NO5S. The summed E-state index contributed by atoms with van der Waals surface area (Å²) in [5.41, 5.74) is 0.980. The monoisotopic (exact) mass is 475 g/mol. The van der Waals surface area contributed by atoms with Crippen LogP contribution in [0.15, 0.2) is 42.5 Å². The van der Waals surface area contributed by atoms with Crippen LogP contribution in [0.3, 0.4) is 0 Å². The number of ether oxygens (including phenoxy) is 1. The quantitative estimate of drug-likeness (QED) is 0.579. The molecule has 1 saturated carbocycles. The summed E-state index contributed by atoms with van der Waals surface area (Å²) in [5, 5.41) is 0. The average Bonchev–Trinajstić information content (AvgIpc) is 2.93. The Hall–Kier alpha value is -2.81. The van der Waals surface area contributed by atoms with Gasteiger partial charge in [-0.25, -0.2) is 8.42 Å². The number of halogens is 2. The number of nitrogens with zero attached hydrogens (tertiary/aromatic N) is 1. The van der Waals surface area contributed by atoms with Gasteiger partial charge >= 0.3 is 6.61 Å². The zero-order valence-electron chi connectivity index (χ0n) is 18.0. The van der Waals surface area contributed by atoms with Crippen molar-refractivity contribution in [3.8, 4) is 5.75 Å². The Morgan fingerprint density at radius 2 is 1.88 bits per heavy atom. The summed E-state index contributed by atoms with van der Waals surface area (Å²) < 4.78 is 53.0. The van der Waals surface area contributed by atoms with Crippen LogP contribution < -0.4 is 9.64 Å². The molecule has 2 aromatic rings. The number of fused-ring (bicyclic) bond motifs is 2. The Morgan fingerprint density at radius 1 is 1.15 bits per heavy atom. The smallest absolute Gasteiger partial charge is 0.387 e. The number of amides is 1. The third-order valence-corrected chi connectivity index (χ3v) is 9.19. The highest BCUT2D eigenvalue weighted by Crippen LogP contribution is 2.55. The van der Waals surface area contributed by atoms with Gasteiger partial charge in [-0.1, -0.05) is 19.4 Å². The van der Waals surface area contributed by atoms with E-state index < -0.39 is 27.3 Å². The number of hydrogen-bond donors (Lipinski definition) is 0. The first-order valence-electron chi connectivity index (χ1n) is 10.8. The maximum atomic E-state index is 13.5. The molecule has 2 aromatic carbocycles. The number of hydrogen-bond acceptors (Lipinski definition) is 5. The lowest BCUT2D eigenvalue weighted by Gasteiger charge is -2.37. The molecule has 1 amide bonds. The fraction of sp³-hybridized carbons (Fsp3) is 0.417. The molecule has 0 radical (unpaired) electrons. The van der Waals surface area contributed by atoms with Crippen LogP contribution in [0.1, 0.15) is 48.5 Å². The van der Waals surface area contributed by atoms with Crippen molar-refractivity contribution in [2.45, 2.75) is 44.6 Å². The first-order valence-corrected chi connectivity index (χ1v) is 12.6. The normalized spacial score (nSPS) is 21.5. The Bertz CT molecular complexity index is 1260. The number of carbonyl (C=O) groups is 2. The predicted molar refractivity (Wildman–Crippen MR) is 118 cm³/mol. The van der Waals surface area contributed by atoms with Gasteiger partial charge in [0, 0.05) is 23.5 Å². The Morgan fingerprint density at radius 3 is 2.48 bits per heavy atom. The summed E-state index contributed by atoms with van der Waals surface area (Å²) >= 11 is 0. The molecule has 1 spiro atoms. The van der Waals surface area contributed by atoms with E-state index in [9.17, 15) is 26.8 Å². The highest BCUT2D eigenvalue weighted by atomic mass is 32.2. The molecule has 5 rings (SSSR count). The number of Topliss-reactive ketones (excluding diaryl/α,β-unsaturated/α-hetero) is 1. The average molecular weight is 476 g/mol. The van der Waals surface area contributed by atoms with Gasteiger partial charge in [-0.05, 0) is 48.7 Å². The van der Waals surface area contributed by atoms with E-state index in [4.69, 9.17) is 0 Å². The van der Waals surface area contributed by atoms with Crippen LogP contribution in [0.2, 0.25) is 0 Å². The lowest BCUT2D eigenvalue weighted by atomic mass is 9.65. The van der Waals surface area contributed by atoms with Gasteiger partial charge in [0.15, 0.2) is 15.6 Å². The molecule has 0 bridgehead atoms. The molecule has 2 fully saturated rings. The van der Waals surface area contributed by atoms with Crippen LogP contribution in [0.4, 0.5) is 20.2 Å². The van der Waals surface area contributed by atoms with Crippen molar-refractivity contribution in [2.75, 3.05) is 16.4 Å². The molecule has 6 nitrogen and oxygen atoms in total. The Kier molecular flexibility index (Phi) is 4.90. The Labute approximate surface area is 190 Å². The third-order valence-electron chi connectivity index (χ3n) is 6.92. The van der Waals surface area contributed by atoms with Gasteiger partial charge in [-0.2, -0.15) is 8.78 Å². The van der Waals surface area contributed by atoms with Gasteiger partial charge in [0.2, 0.25) is 5.91 Å². The molecule has 0 aromatic heterocycles. The molecule has 0 atom stereocenters. The van der Waals surface area contributed by atoms with Gasteiger partial charge in [0.1, 0.15) is 5.75 Å². The van der Waals surface area contributed by atoms with Crippen LogP contribution in [0, 0.1) is 5.41 Å². The number of alkyl halides is 2. The summed E-state index contributed by atoms with van der Waals surface area (Å²) in [6.07, 6.45) is 2.30. The lowest BCUT2D eigenvalue weighted by Crippen LogP contribution is -2.47. The van der Waals surface area contributed by atoms with Gasteiger partial charge < -0.3 is 4.74 Å². The molecule has 1 aliphatic carbocycles. The Balaban J connectivity index is 1.49. The van der Waals surface area contributed by atoms with E-state index in [1.165, 1.54) is 17.0 Å². The van der Waals surface area contributed by atoms with Crippen LogP contribution in [-0.4, -0.2) is 38.2 Å². The second kappa shape index (κ2) is 7.35. The fourth-order valence-electron chi connectivity index (χ4n) is 5.41. The summed E-state index contributed by atoms with van der Waals surface area (Å²) in [7, 11) is -3.06. The van der Waals surface area contributed by atoms with E-state index in [1.807, 2.05) is 0 Å². The zero-order chi connectivity index (χ0) is 23.6. The molecule has 2 aliphatic heterocycles. The maximum Gasteiger partial charge on any atom is 0.387 e. The number of rotatable bonds is 6. The summed E-state index contributed by atoms with van der Waals surface area (Å²) in [4.78, 5) is 28.0. The zero-order valence-corrected chi connectivity index (χ0v) is 18.8. The first kappa shape index (κ1) is 22.0. The van der Waals surface area contributed by atoms with E-state index in [0.717, 1.165) is 12.0 Å². The third kappa shape index (κ3) is 3.62. The van der Waals surface area contributed by atoms with Gasteiger partial charge in [-0.15, -0.1) is 0 Å². The molecule has 33 heavy (non-hydrogen) atoms. The van der Waals surface area contributed by atoms with Crippen LogP contribution in [0.5, 0.6) is 5.75 Å². The SMILES string of the molecule is CC1(CC(=O)c2ccc3c(c2)C2(CCC2)C(=O)N3c2cccc(OC(F)F)c2)CS(=O)(=O)C1. The maximum absolute atomic E-state index is 13.5. The van der Waals surface area contributed by atoms with Crippen molar-refractivity contribution in [1.82, 2.24) is 0 Å². The number of benzene rings is 2. The van der Waals surface area contributed by atoms with Crippen molar-refractivity contribution in [3.63, 3.8) is 0 Å². The minimum atomic E-state index is -3.06. The van der Waals surface area contributed by atoms with E-state index in [1.54, 1.807) is 37.3 Å². The molecule has 9 heteroatoms. The first-order chi connectivity index (χ1) is 15.5. The van der Waals surface area contributed by atoms with Gasteiger partial charge in [0.25, 0.3) is 0 Å². The minimum Gasteiger partial charge on any atom is -0.435 e. The summed E-state index contributed by atoms with van der Waals surface area (Å²) in [5.74, 6) is -0.322. The number of carbonyl (C=O) groups excluding carboxylic acids is 2. The van der Waals surface area contributed by atoms with E-state index in [2.05, 4.69) is 4.74 Å². The van der Waals surface area contributed by atoms with Crippen LogP contribution >= 0.6 is 0 Å². The predicted octanol–water partition coefficient (Wildman–Crippen LogP) is 4.40. The molecule has 0 unspecified atom stereocenters. The fourth-order valence-corrected chi connectivity index (χ4v) is 7.65. The number of ketones is 1. The molecule has 0 N–H and O–H groups in total. The highest BCUT2D eigenvalue weighted by molar-refractivity contribution is 7.92. The summed E-state index contributed by atoms with van der Waals surface area (Å²) in [6.45, 7) is -1.17.